The molecule has 3 aromatic rings. The highest BCUT2D eigenvalue weighted by Gasteiger charge is 2.19. The van der Waals surface area contributed by atoms with Gasteiger partial charge < -0.3 is 0 Å². The number of nitrogens with one attached hydrogen (secondary N) is 1. The fraction of sp³-hybridized carbons (Fsp3) is 0.438. The number of amides is 1. The molecule has 0 aliphatic carbocycles. The summed E-state index contributed by atoms with van der Waals surface area (Å²) in [5.41, 5.74) is 2.15. The quantitative estimate of drug-likeness (QED) is 0.782. The van der Waals surface area contributed by atoms with E-state index in [1.165, 1.54) is 11.3 Å². The lowest BCUT2D eigenvalue weighted by atomic mass is 10.0. The maximum absolute atomic E-state index is 12.8. The van der Waals surface area contributed by atoms with Crippen LogP contribution in [-0.4, -0.2) is 30.9 Å². The van der Waals surface area contributed by atoms with Crippen molar-refractivity contribution in [2.24, 2.45) is 0 Å². The minimum atomic E-state index is -0.219. The van der Waals surface area contributed by atoms with Crippen LogP contribution in [0, 0.1) is 6.92 Å². The Morgan fingerprint density at radius 2 is 2.00 bits per heavy atom. The number of hydrogen-bond donors (Lipinski definition) is 1. The summed E-state index contributed by atoms with van der Waals surface area (Å²) < 4.78 is 1.84. The Bertz CT molecular complexity index is 895. The molecule has 0 saturated heterocycles. The van der Waals surface area contributed by atoms with E-state index in [-0.39, 0.29) is 17.9 Å². The molecule has 3 heterocycles. The molecule has 0 aliphatic rings. The number of fused-ring (bicyclic) bond motifs is 1. The zero-order chi connectivity index (χ0) is 17.4. The Kier molecular flexibility index (Phi) is 4.31. The molecule has 3 rings (SSSR count). The van der Waals surface area contributed by atoms with Crippen LogP contribution in [0.3, 0.4) is 0 Å². The van der Waals surface area contributed by atoms with E-state index in [0.717, 1.165) is 21.7 Å². The Morgan fingerprint density at radius 3 is 2.58 bits per heavy atom. The van der Waals surface area contributed by atoms with E-state index in [1.807, 2.05) is 31.5 Å². The Hall–Kier alpha value is -2.35. The van der Waals surface area contributed by atoms with Gasteiger partial charge in [0.15, 0.2) is 5.65 Å². The fourth-order valence-corrected chi connectivity index (χ4v) is 3.00. The van der Waals surface area contributed by atoms with Crippen molar-refractivity contribution in [2.45, 2.75) is 46.6 Å². The van der Waals surface area contributed by atoms with E-state index in [0.29, 0.717) is 10.7 Å². The van der Waals surface area contributed by atoms with Crippen molar-refractivity contribution in [1.82, 2.24) is 25.0 Å². The van der Waals surface area contributed by atoms with Crippen molar-refractivity contribution in [3.05, 3.63) is 28.5 Å². The van der Waals surface area contributed by atoms with Crippen molar-refractivity contribution in [3.8, 4) is 0 Å². The van der Waals surface area contributed by atoms with Gasteiger partial charge in [-0.05, 0) is 32.8 Å². The summed E-state index contributed by atoms with van der Waals surface area (Å²) in [5.74, 6) is -0.0102. The van der Waals surface area contributed by atoms with Crippen molar-refractivity contribution in [1.29, 1.82) is 0 Å². The van der Waals surface area contributed by atoms with Crippen LogP contribution in [-0.2, 0) is 0 Å². The van der Waals surface area contributed by atoms with Gasteiger partial charge >= 0.3 is 0 Å². The normalized spacial score (nSPS) is 11.6. The standard InChI is InChI=1S/C16H20N6OS/c1-8(2)13-6-11(15(23)19-16-21-20-10(5)24-16)12-7-17-22(9(3)4)14(12)18-13/h6-9H,1-5H3,(H,19,21,23). The maximum Gasteiger partial charge on any atom is 0.258 e. The zero-order valence-corrected chi connectivity index (χ0v) is 15.2. The first-order chi connectivity index (χ1) is 11.4. The molecule has 0 atom stereocenters. The molecule has 0 fully saturated rings. The second-order valence-electron chi connectivity index (χ2n) is 6.25. The maximum atomic E-state index is 12.8. The molecule has 7 nitrogen and oxygen atoms in total. The average molecular weight is 344 g/mol. The Balaban J connectivity index is 2.09. The molecule has 0 unspecified atom stereocenters. The Morgan fingerprint density at radius 1 is 1.25 bits per heavy atom. The van der Waals surface area contributed by atoms with Crippen molar-refractivity contribution >= 4 is 33.4 Å². The van der Waals surface area contributed by atoms with Gasteiger partial charge in [0.25, 0.3) is 5.91 Å². The minimum Gasteiger partial charge on any atom is -0.296 e. The van der Waals surface area contributed by atoms with Gasteiger partial charge in [0.2, 0.25) is 5.13 Å². The molecular formula is C16H20N6OS. The molecular weight excluding hydrogens is 324 g/mol. The highest BCUT2D eigenvalue weighted by Crippen LogP contribution is 2.25. The van der Waals surface area contributed by atoms with Gasteiger partial charge in [-0.15, -0.1) is 10.2 Å². The first-order valence-electron chi connectivity index (χ1n) is 7.86. The largest absolute Gasteiger partial charge is 0.296 e. The van der Waals surface area contributed by atoms with E-state index < -0.39 is 0 Å². The molecule has 8 heteroatoms. The second kappa shape index (κ2) is 6.27. The summed E-state index contributed by atoms with van der Waals surface area (Å²) in [6.07, 6.45) is 1.70. The van der Waals surface area contributed by atoms with Gasteiger partial charge in [-0.25, -0.2) is 9.67 Å². The first kappa shape index (κ1) is 16.5. The topological polar surface area (TPSA) is 85.6 Å². The zero-order valence-electron chi connectivity index (χ0n) is 14.4. The van der Waals surface area contributed by atoms with Crippen LogP contribution in [0.5, 0.6) is 0 Å². The van der Waals surface area contributed by atoms with E-state index in [2.05, 4.69) is 34.5 Å². The molecule has 1 N–H and O–H groups in total. The Labute approximate surface area is 144 Å². The predicted molar refractivity (Wildman–Crippen MR) is 94.6 cm³/mol. The van der Waals surface area contributed by atoms with Crippen molar-refractivity contribution in [2.75, 3.05) is 5.32 Å². The van der Waals surface area contributed by atoms with E-state index in [4.69, 9.17) is 4.98 Å². The summed E-state index contributed by atoms with van der Waals surface area (Å²) in [5, 5.41) is 17.1. The van der Waals surface area contributed by atoms with Gasteiger partial charge in [-0.3, -0.25) is 10.1 Å². The van der Waals surface area contributed by atoms with Crippen molar-refractivity contribution in [3.63, 3.8) is 0 Å². The second-order valence-corrected chi connectivity index (χ2v) is 7.43. The summed E-state index contributed by atoms with van der Waals surface area (Å²) in [7, 11) is 0. The van der Waals surface area contributed by atoms with Gasteiger partial charge in [0.1, 0.15) is 5.01 Å². The number of nitrogens with zero attached hydrogens (tertiary/aromatic N) is 5. The number of rotatable bonds is 4. The van der Waals surface area contributed by atoms with Crippen LogP contribution in [0.25, 0.3) is 11.0 Å². The number of carbonyl (C=O) groups excluding carboxylic acids is 1. The van der Waals surface area contributed by atoms with Gasteiger partial charge in [0.05, 0.1) is 17.1 Å². The lowest BCUT2D eigenvalue weighted by Gasteiger charge is -2.11. The van der Waals surface area contributed by atoms with E-state index in [9.17, 15) is 4.79 Å². The minimum absolute atomic E-state index is 0.166. The molecule has 0 bridgehead atoms. The molecule has 0 aliphatic heterocycles. The third-order valence-electron chi connectivity index (χ3n) is 3.66. The van der Waals surface area contributed by atoms with Crippen LogP contribution >= 0.6 is 11.3 Å². The number of pyridine rings is 1. The SMILES string of the molecule is Cc1nnc(NC(=O)c2cc(C(C)C)nc3c2cnn3C(C)C)s1. The molecule has 0 saturated carbocycles. The van der Waals surface area contributed by atoms with Gasteiger partial charge in [0, 0.05) is 11.7 Å². The smallest absolute Gasteiger partial charge is 0.258 e. The average Bonchev–Trinajstić information content (AvgIpc) is 3.11. The third-order valence-corrected chi connectivity index (χ3v) is 4.41. The highest BCUT2D eigenvalue weighted by molar-refractivity contribution is 7.15. The lowest BCUT2D eigenvalue weighted by molar-refractivity contribution is 0.102. The third kappa shape index (κ3) is 3.01. The van der Waals surface area contributed by atoms with E-state index in [1.54, 1.807) is 6.20 Å². The monoisotopic (exact) mass is 344 g/mol. The number of hydrogen-bond acceptors (Lipinski definition) is 6. The summed E-state index contributed by atoms with van der Waals surface area (Å²) in [6, 6.07) is 2.00. The first-order valence-corrected chi connectivity index (χ1v) is 8.68. The number of anilines is 1. The summed E-state index contributed by atoms with van der Waals surface area (Å²) in [4.78, 5) is 17.5. The van der Waals surface area contributed by atoms with E-state index >= 15 is 0 Å². The number of aromatic nitrogens is 5. The predicted octanol–water partition coefficient (Wildman–Crippen LogP) is 3.55. The van der Waals surface area contributed by atoms with Crippen LogP contribution in [0.15, 0.2) is 12.3 Å². The fourth-order valence-electron chi connectivity index (χ4n) is 2.41. The molecule has 0 radical (unpaired) electrons. The lowest BCUT2D eigenvalue weighted by Crippen LogP contribution is -2.14. The van der Waals surface area contributed by atoms with Crippen LogP contribution < -0.4 is 5.32 Å². The van der Waals surface area contributed by atoms with Gasteiger partial charge in [-0.2, -0.15) is 5.10 Å². The van der Waals surface area contributed by atoms with Crippen molar-refractivity contribution < 1.29 is 4.79 Å². The molecule has 126 valence electrons. The van der Waals surface area contributed by atoms with Crippen LogP contribution in [0.4, 0.5) is 5.13 Å². The van der Waals surface area contributed by atoms with Crippen LogP contribution in [0.1, 0.15) is 60.7 Å². The molecule has 0 aromatic carbocycles. The van der Waals surface area contributed by atoms with Gasteiger partial charge in [-0.1, -0.05) is 25.2 Å². The molecule has 0 spiro atoms. The van der Waals surface area contributed by atoms with Crippen LogP contribution in [0.2, 0.25) is 0 Å². The molecule has 1 amide bonds. The number of aryl methyl sites for hydroxylation is 1. The summed E-state index contributed by atoms with van der Waals surface area (Å²) >= 11 is 1.35. The highest BCUT2D eigenvalue weighted by atomic mass is 32.1. The summed E-state index contributed by atoms with van der Waals surface area (Å²) in [6.45, 7) is 10.0. The number of carbonyl (C=O) groups is 1. The molecule has 24 heavy (non-hydrogen) atoms. The molecule has 3 aromatic heterocycles.